The molecule has 2 aromatic rings. The monoisotopic (exact) mass is 330 g/mol. The average Bonchev–Trinajstić information content (AvgIpc) is 2.61. The molecular weight excluding hydrogens is 307 g/mol. The first-order valence-electron chi connectivity index (χ1n) is 8.22. The Balaban J connectivity index is 1.91. The molecule has 1 aliphatic rings. The molecule has 5 heteroatoms. The fraction of sp³-hybridized carbons (Fsp3) is 0.421. The van der Waals surface area contributed by atoms with E-state index in [-0.39, 0.29) is 5.41 Å². The summed E-state index contributed by atoms with van der Waals surface area (Å²) < 4.78 is 24.5. The largest absolute Gasteiger partial charge is 0.496 e. The van der Waals surface area contributed by atoms with Crippen molar-refractivity contribution in [1.82, 2.24) is 4.98 Å². The zero-order chi connectivity index (χ0) is 17.0. The van der Waals surface area contributed by atoms with Gasteiger partial charge >= 0.3 is 0 Å². The van der Waals surface area contributed by atoms with Crippen LogP contribution in [0.5, 0.6) is 5.75 Å². The number of halogens is 1. The predicted octanol–water partition coefficient (Wildman–Crippen LogP) is 3.70. The van der Waals surface area contributed by atoms with Crippen LogP contribution in [-0.4, -0.2) is 31.9 Å². The van der Waals surface area contributed by atoms with Crippen molar-refractivity contribution >= 4 is 5.82 Å². The summed E-state index contributed by atoms with van der Waals surface area (Å²) in [6, 6.07) is 11.0. The van der Waals surface area contributed by atoms with Gasteiger partial charge in [0, 0.05) is 30.7 Å². The summed E-state index contributed by atoms with van der Waals surface area (Å²) in [6.45, 7) is 4.15. The third kappa shape index (κ3) is 3.51. The van der Waals surface area contributed by atoms with E-state index in [9.17, 15) is 4.39 Å². The van der Waals surface area contributed by atoms with Gasteiger partial charge in [-0.05, 0) is 38.0 Å². The Morgan fingerprint density at radius 3 is 2.75 bits per heavy atom. The lowest BCUT2D eigenvalue weighted by molar-refractivity contribution is 0.0535. The number of nitrogens with zero attached hydrogens (tertiary/aromatic N) is 1. The van der Waals surface area contributed by atoms with Gasteiger partial charge in [-0.25, -0.2) is 4.98 Å². The Morgan fingerprint density at radius 1 is 1.25 bits per heavy atom. The number of nitrogens with one attached hydrogen (secondary N) is 1. The molecule has 1 N–H and O–H groups in total. The lowest BCUT2D eigenvalue weighted by Gasteiger charge is -2.39. The molecule has 0 amide bonds. The molecule has 0 unspecified atom stereocenters. The average molecular weight is 330 g/mol. The number of pyridine rings is 1. The van der Waals surface area contributed by atoms with Gasteiger partial charge in [-0.15, -0.1) is 0 Å². The Hall–Kier alpha value is -2.14. The van der Waals surface area contributed by atoms with Crippen LogP contribution in [0.1, 0.15) is 24.0 Å². The number of anilines is 1. The minimum Gasteiger partial charge on any atom is -0.496 e. The van der Waals surface area contributed by atoms with Crippen molar-refractivity contribution in [2.75, 3.05) is 32.2 Å². The second kappa shape index (κ2) is 7.18. The number of aromatic nitrogens is 1. The highest BCUT2D eigenvalue weighted by Crippen LogP contribution is 2.40. The molecular formula is C19H23FN2O2. The van der Waals surface area contributed by atoms with Crippen LogP contribution in [0.25, 0.3) is 0 Å². The van der Waals surface area contributed by atoms with Gasteiger partial charge in [-0.2, -0.15) is 4.39 Å². The summed E-state index contributed by atoms with van der Waals surface area (Å²) in [5.74, 6) is 0.957. The number of hydrogen-bond donors (Lipinski definition) is 1. The SMILES string of the molecule is COc1ccc(C)cc1C1(CNc2cccc(F)n2)CCOCC1. The van der Waals surface area contributed by atoms with E-state index in [4.69, 9.17) is 9.47 Å². The minimum absolute atomic E-state index is 0.121. The molecule has 1 fully saturated rings. The summed E-state index contributed by atoms with van der Waals surface area (Å²) in [5.41, 5.74) is 2.25. The highest BCUT2D eigenvalue weighted by atomic mass is 19.1. The van der Waals surface area contributed by atoms with Crippen LogP contribution < -0.4 is 10.1 Å². The van der Waals surface area contributed by atoms with Crippen LogP contribution in [0, 0.1) is 12.9 Å². The standard InChI is InChI=1S/C19H23FN2O2/c1-14-6-7-16(23-2)15(12-14)19(8-10-24-11-9-19)13-21-18-5-3-4-17(20)22-18/h3-7,12H,8-11,13H2,1-2H3,(H,21,22). The van der Waals surface area contributed by atoms with E-state index < -0.39 is 5.95 Å². The third-order valence-electron chi connectivity index (χ3n) is 4.70. The maximum Gasteiger partial charge on any atom is 0.214 e. The van der Waals surface area contributed by atoms with E-state index >= 15 is 0 Å². The first-order valence-corrected chi connectivity index (χ1v) is 8.22. The van der Waals surface area contributed by atoms with Crippen molar-refractivity contribution in [2.24, 2.45) is 0 Å². The number of hydrogen-bond acceptors (Lipinski definition) is 4. The van der Waals surface area contributed by atoms with E-state index in [2.05, 4.69) is 29.4 Å². The molecule has 3 rings (SSSR count). The predicted molar refractivity (Wildman–Crippen MR) is 92.1 cm³/mol. The summed E-state index contributed by atoms with van der Waals surface area (Å²) >= 11 is 0. The maximum atomic E-state index is 13.3. The van der Waals surface area contributed by atoms with Gasteiger partial charge in [0.2, 0.25) is 5.95 Å². The van der Waals surface area contributed by atoms with Gasteiger partial charge in [0.15, 0.2) is 0 Å². The normalized spacial score (nSPS) is 16.6. The van der Waals surface area contributed by atoms with Gasteiger partial charge < -0.3 is 14.8 Å². The summed E-state index contributed by atoms with van der Waals surface area (Å²) in [7, 11) is 1.70. The smallest absolute Gasteiger partial charge is 0.214 e. The Kier molecular flexibility index (Phi) is 5.00. The lowest BCUT2D eigenvalue weighted by atomic mass is 9.73. The second-order valence-electron chi connectivity index (χ2n) is 6.30. The zero-order valence-corrected chi connectivity index (χ0v) is 14.1. The highest BCUT2D eigenvalue weighted by molar-refractivity contribution is 5.45. The third-order valence-corrected chi connectivity index (χ3v) is 4.70. The number of ether oxygens (including phenoxy) is 2. The van der Waals surface area contributed by atoms with Gasteiger partial charge in [0.05, 0.1) is 7.11 Å². The molecule has 1 aliphatic heterocycles. The molecule has 1 saturated heterocycles. The van der Waals surface area contributed by atoms with Crippen molar-refractivity contribution in [2.45, 2.75) is 25.2 Å². The molecule has 0 radical (unpaired) electrons. The number of benzene rings is 1. The van der Waals surface area contributed by atoms with Crippen LogP contribution >= 0.6 is 0 Å². The Bertz CT molecular complexity index is 700. The minimum atomic E-state index is -0.478. The Labute approximate surface area is 142 Å². The molecule has 4 nitrogen and oxygen atoms in total. The molecule has 1 aromatic heterocycles. The van der Waals surface area contributed by atoms with Crippen molar-refractivity contribution in [3.8, 4) is 5.75 Å². The first kappa shape index (κ1) is 16.7. The van der Waals surface area contributed by atoms with E-state index in [1.807, 2.05) is 6.07 Å². The molecule has 0 atom stereocenters. The van der Waals surface area contributed by atoms with Crippen LogP contribution in [0.2, 0.25) is 0 Å². The number of methoxy groups -OCH3 is 1. The van der Waals surface area contributed by atoms with Gasteiger partial charge in [-0.1, -0.05) is 23.8 Å². The fourth-order valence-electron chi connectivity index (χ4n) is 3.31. The van der Waals surface area contributed by atoms with E-state index in [0.717, 1.165) is 18.6 Å². The van der Waals surface area contributed by atoms with Crippen LogP contribution in [-0.2, 0) is 10.2 Å². The zero-order valence-electron chi connectivity index (χ0n) is 14.1. The molecule has 0 aliphatic carbocycles. The summed E-state index contributed by atoms with van der Waals surface area (Å²) in [4.78, 5) is 3.90. The van der Waals surface area contributed by atoms with E-state index in [1.165, 1.54) is 17.2 Å². The molecule has 1 aromatic carbocycles. The molecule has 2 heterocycles. The second-order valence-corrected chi connectivity index (χ2v) is 6.30. The number of rotatable bonds is 5. The van der Waals surface area contributed by atoms with Gasteiger partial charge in [0.1, 0.15) is 11.6 Å². The van der Waals surface area contributed by atoms with Crippen molar-refractivity contribution in [3.63, 3.8) is 0 Å². The van der Waals surface area contributed by atoms with Crippen molar-refractivity contribution < 1.29 is 13.9 Å². The van der Waals surface area contributed by atoms with Crippen molar-refractivity contribution in [1.29, 1.82) is 0 Å². The van der Waals surface area contributed by atoms with Crippen molar-refractivity contribution in [3.05, 3.63) is 53.5 Å². The van der Waals surface area contributed by atoms with E-state index in [1.54, 1.807) is 19.2 Å². The van der Waals surface area contributed by atoms with E-state index in [0.29, 0.717) is 25.6 Å². The maximum absolute atomic E-state index is 13.3. The van der Waals surface area contributed by atoms with Crippen LogP contribution in [0.15, 0.2) is 36.4 Å². The quantitative estimate of drug-likeness (QED) is 0.849. The molecule has 0 saturated carbocycles. The van der Waals surface area contributed by atoms with Crippen LogP contribution in [0.4, 0.5) is 10.2 Å². The van der Waals surface area contributed by atoms with Crippen LogP contribution in [0.3, 0.4) is 0 Å². The Morgan fingerprint density at radius 2 is 2.04 bits per heavy atom. The topological polar surface area (TPSA) is 43.4 Å². The summed E-state index contributed by atoms with van der Waals surface area (Å²) in [5, 5.41) is 3.30. The molecule has 0 bridgehead atoms. The molecule has 128 valence electrons. The molecule has 0 spiro atoms. The summed E-state index contributed by atoms with van der Waals surface area (Å²) in [6.07, 6.45) is 1.77. The number of aryl methyl sites for hydroxylation is 1. The fourth-order valence-corrected chi connectivity index (χ4v) is 3.31. The first-order chi connectivity index (χ1) is 11.6. The van der Waals surface area contributed by atoms with Gasteiger partial charge in [0.25, 0.3) is 0 Å². The van der Waals surface area contributed by atoms with Gasteiger partial charge in [-0.3, -0.25) is 0 Å². The highest BCUT2D eigenvalue weighted by Gasteiger charge is 2.37. The molecule has 24 heavy (non-hydrogen) atoms. The lowest BCUT2D eigenvalue weighted by Crippen LogP contribution is -2.40.